The van der Waals surface area contributed by atoms with E-state index in [1.807, 2.05) is 4.57 Å². The highest BCUT2D eigenvalue weighted by Gasteiger charge is 2.33. The van der Waals surface area contributed by atoms with Crippen molar-refractivity contribution in [3.63, 3.8) is 0 Å². The van der Waals surface area contributed by atoms with Crippen molar-refractivity contribution in [1.82, 2.24) is 9.55 Å². The van der Waals surface area contributed by atoms with Crippen LogP contribution in [0.3, 0.4) is 0 Å². The zero-order chi connectivity index (χ0) is 15.0. The van der Waals surface area contributed by atoms with E-state index < -0.39 is 11.7 Å². The molecule has 3 nitrogen and oxygen atoms in total. The van der Waals surface area contributed by atoms with E-state index in [1.54, 1.807) is 12.3 Å². The summed E-state index contributed by atoms with van der Waals surface area (Å²) in [5.74, 6) is 0.650. The third kappa shape index (κ3) is 2.81. The second-order valence-electron chi connectivity index (χ2n) is 5.41. The number of fused-ring (bicyclic) bond motifs is 1. The lowest BCUT2D eigenvalue weighted by Crippen LogP contribution is -2.32. The van der Waals surface area contributed by atoms with E-state index in [0.717, 1.165) is 24.6 Å². The van der Waals surface area contributed by atoms with Crippen LogP contribution in [0.25, 0.3) is 0 Å². The molecule has 0 saturated heterocycles. The van der Waals surface area contributed by atoms with E-state index in [1.165, 1.54) is 12.1 Å². The summed E-state index contributed by atoms with van der Waals surface area (Å²) in [4.78, 5) is 4.29. The van der Waals surface area contributed by atoms with Gasteiger partial charge in [0.25, 0.3) is 0 Å². The van der Waals surface area contributed by atoms with Gasteiger partial charge >= 0.3 is 6.18 Å². The number of nitrogens with zero attached hydrogens (tertiary/aromatic N) is 2. The first-order valence-corrected chi connectivity index (χ1v) is 6.89. The van der Waals surface area contributed by atoms with Gasteiger partial charge in [-0.3, -0.25) is 0 Å². The molecule has 112 valence electrons. The summed E-state index contributed by atoms with van der Waals surface area (Å²) in [6.07, 6.45) is -0.705. The summed E-state index contributed by atoms with van der Waals surface area (Å²) in [5, 5.41) is 0. The van der Waals surface area contributed by atoms with Crippen LogP contribution in [0, 0.1) is 0 Å². The molecule has 0 fully saturated rings. The molecule has 1 aromatic carbocycles. The Morgan fingerprint density at radius 1 is 1.29 bits per heavy atom. The third-order valence-corrected chi connectivity index (χ3v) is 3.88. The molecule has 2 N–H and O–H groups in total. The fraction of sp³-hybridized carbons (Fsp3) is 0.400. The van der Waals surface area contributed by atoms with Crippen LogP contribution in [0.2, 0.25) is 0 Å². The molecular formula is C15H16F3N3. The van der Waals surface area contributed by atoms with E-state index in [0.29, 0.717) is 12.4 Å². The van der Waals surface area contributed by atoms with E-state index in [4.69, 9.17) is 5.73 Å². The highest BCUT2D eigenvalue weighted by atomic mass is 19.4. The second kappa shape index (κ2) is 5.18. The van der Waals surface area contributed by atoms with Gasteiger partial charge in [-0.25, -0.2) is 4.98 Å². The van der Waals surface area contributed by atoms with Crippen molar-refractivity contribution >= 4 is 0 Å². The van der Waals surface area contributed by atoms with Crippen molar-refractivity contribution in [2.24, 2.45) is 5.73 Å². The number of benzene rings is 1. The van der Waals surface area contributed by atoms with Crippen LogP contribution >= 0.6 is 0 Å². The monoisotopic (exact) mass is 295 g/mol. The SMILES string of the molecule is NC1CCc2cnc(Cc3ccccc3C(F)(F)F)n2C1. The lowest BCUT2D eigenvalue weighted by Gasteiger charge is -2.22. The van der Waals surface area contributed by atoms with Crippen LogP contribution in [0.5, 0.6) is 0 Å². The number of alkyl halides is 3. The standard InChI is InChI=1S/C15H16F3N3/c16-15(17,18)13-4-2-1-3-10(13)7-14-20-8-12-6-5-11(19)9-21(12)14/h1-4,8,11H,5-7,9,19H2. The van der Waals surface area contributed by atoms with Crippen LogP contribution in [-0.2, 0) is 25.6 Å². The van der Waals surface area contributed by atoms with Gasteiger partial charge in [0.05, 0.1) is 5.56 Å². The lowest BCUT2D eigenvalue weighted by atomic mass is 10.0. The molecule has 0 amide bonds. The molecule has 3 rings (SSSR count). The summed E-state index contributed by atoms with van der Waals surface area (Å²) in [6.45, 7) is 0.624. The number of halogens is 3. The van der Waals surface area contributed by atoms with Gasteiger partial charge in [0.1, 0.15) is 5.82 Å². The molecule has 1 aromatic heterocycles. The Kier molecular flexibility index (Phi) is 3.49. The second-order valence-corrected chi connectivity index (χ2v) is 5.41. The minimum Gasteiger partial charge on any atom is -0.330 e. The maximum absolute atomic E-state index is 13.0. The van der Waals surface area contributed by atoms with E-state index in [-0.39, 0.29) is 18.0 Å². The van der Waals surface area contributed by atoms with Crippen molar-refractivity contribution in [3.05, 3.63) is 53.1 Å². The van der Waals surface area contributed by atoms with E-state index in [2.05, 4.69) is 4.98 Å². The highest BCUT2D eigenvalue weighted by molar-refractivity contribution is 5.32. The first-order valence-electron chi connectivity index (χ1n) is 6.89. The molecule has 1 aliphatic heterocycles. The predicted octanol–water partition coefficient (Wildman–Crippen LogP) is 2.77. The molecule has 2 aromatic rings. The quantitative estimate of drug-likeness (QED) is 0.926. The average molecular weight is 295 g/mol. The molecule has 0 saturated carbocycles. The average Bonchev–Trinajstić information content (AvgIpc) is 2.81. The number of aromatic nitrogens is 2. The van der Waals surface area contributed by atoms with Gasteiger partial charge in [-0.05, 0) is 24.5 Å². The van der Waals surface area contributed by atoms with Gasteiger partial charge in [-0.2, -0.15) is 13.2 Å². The van der Waals surface area contributed by atoms with E-state index in [9.17, 15) is 13.2 Å². The van der Waals surface area contributed by atoms with Crippen molar-refractivity contribution < 1.29 is 13.2 Å². The molecule has 2 heterocycles. The number of hydrogen-bond acceptors (Lipinski definition) is 2. The van der Waals surface area contributed by atoms with Gasteiger partial charge in [0.2, 0.25) is 0 Å². The highest BCUT2D eigenvalue weighted by Crippen LogP contribution is 2.33. The predicted molar refractivity (Wildman–Crippen MR) is 72.8 cm³/mol. The summed E-state index contributed by atoms with van der Waals surface area (Å²) in [7, 11) is 0. The molecule has 6 heteroatoms. The number of nitrogens with two attached hydrogens (primary N) is 1. The van der Waals surface area contributed by atoms with E-state index >= 15 is 0 Å². The Balaban J connectivity index is 1.94. The van der Waals surface area contributed by atoms with Crippen molar-refractivity contribution in [2.75, 3.05) is 0 Å². The van der Waals surface area contributed by atoms with Crippen LogP contribution in [-0.4, -0.2) is 15.6 Å². The fourth-order valence-electron chi connectivity index (χ4n) is 2.80. The van der Waals surface area contributed by atoms with Gasteiger partial charge in [-0.15, -0.1) is 0 Å². The Morgan fingerprint density at radius 3 is 2.81 bits per heavy atom. The number of hydrogen-bond donors (Lipinski definition) is 1. The molecule has 1 atom stereocenters. The summed E-state index contributed by atoms with van der Waals surface area (Å²) in [5.41, 5.74) is 6.65. The summed E-state index contributed by atoms with van der Waals surface area (Å²) < 4.78 is 41.1. The Hall–Kier alpha value is -1.82. The largest absolute Gasteiger partial charge is 0.416 e. The maximum atomic E-state index is 13.0. The molecule has 0 aliphatic carbocycles. The molecule has 21 heavy (non-hydrogen) atoms. The zero-order valence-electron chi connectivity index (χ0n) is 11.4. The zero-order valence-corrected chi connectivity index (χ0v) is 11.4. The van der Waals surface area contributed by atoms with Crippen LogP contribution in [0.15, 0.2) is 30.5 Å². The van der Waals surface area contributed by atoms with Gasteiger partial charge < -0.3 is 10.3 Å². The summed E-state index contributed by atoms with van der Waals surface area (Å²) >= 11 is 0. The van der Waals surface area contributed by atoms with Crippen LogP contribution in [0.1, 0.15) is 29.1 Å². The minimum atomic E-state index is -4.34. The Labute approximate surface area is 120 Å². The number of aryl methyl sites for hydroxylation is 1. The normalized spacial score (nSPS) is 18.6. The van der Waals surface area contributed by atoms with Gasteiger partial charge in [0, 0.05) is 30.9 Å². The smallest absolute Gasteiger partial charge is 0.330 e. The topological polar surface area (TPSA) is 43.8 Å². The Morgan fingerprint density at radius 2 is 2.05 bits per heavy atom. The van der Waals surface area contributed by atoms with Crippen molar-refractivity contribution in [3.8, 4) is 0 Å². The van der Waals surface area contributed by atoms with Gasteiger partial charge in [-0.1, -0.05) is 18.2 Å². The molecule has 1 aliphatic rings. The molecule has 0 bridgehead atoms. The third-order valence-electron chi connectivity index (χ3n) is 3.88. The maximum Gasteiger partial charge on any atom is 0.416 e. The minimum absolute atomic E-state index is 0.0447. The van der Waals surface area contributed by atoms with Crippen molar-refractivity contribution in [1.29, 1.82) is 0 Å². The molecule has 0 spiro atoms. The van der Waals surface area contributed by atoms with Crippen LogP contribution < -0.4 is 5.73 Å². The van der Waals surface area contributed by atoms with Crippen LogP contribution in [0.4, 0.5) is 13.2 Å². The number of imidazole rings is 1. The summed E-state index contributed by atoms with van der Waals surface area (Å²) in [6, 6.07) is 5.69. The van der Waals surface area contributed by atoms with Gasteiger partial charge in [0.15, 0.2) is 0 Å². The first-order chi connectivity index (χ1) is 9.95. The Bertz CT molecular complexity index is 646. The fourth-order valence-corrected chi connectivity index (χ4v) is 2.80. The first kappa shape index (κ1) is 14.1. The number of rotatable bonds is 2. The van der Waals surface area contributed by atoms with Crippen molar-refractivity contribution in [2.45, 2.75) is 38.0 Å². The lowest BCUT2D eigenvalue weighted by molar-refractivity contribution is -0.138. The molecular weight excluding hydrogens is 279 g/mol. The molecule has 1 unspecified atom stereocenters. The molecule has 0 radical (unpaired) electrons.